The van der Waals surface area contributed by atoms with Crippen LogP contribution in [0.25, 0.3) is 0 Å². The molecule has 116 valence electrons. The zero-order chi connectivity index (χ0) is 15.6. The molecule has 0 aromatic carbocycles. The molecule has 1 aliphatic heterocycles. The number of hydrogen-bond acceptors (Lipinski definition) is 4. The smallest absolute Gasteiger partial charge is 0.257 e. The lowest BCUT2D eigenvalue weighted by molar-refractivity contribution is 0.0828. The van der Waals surface area contributed by atoms with Crippen molar-refractivity contribution in [3.8, 4) is 0 Å². The summed E-state index contributed by atoms with van der Waals surface area (Å²) in [7, 11) is 5.69. The highest BCUT2D eigenvalue weighted by Gasteiger charge is 2.21. The molecular formula is C16H26N4O. The maximum absolute atomic E-state index is 12.4. The van der Waals surface area contributed by atoms with Crippen molar-refractivity contribution in [2.24, 2.45) is 0 Å². The first-order chi connectivity index (χ1) is 9.88. The van der Waals surface area contributed by atoms with E-state index in [0.717, 1.165) is 31.6 Å². The number of pyridine rings is 1. The van der Waals surface area contributed by atoms with Gasteiger partial charge in [-0.05, 0) is 38.9 Å². The van der Waals surface area contributed by atoms with Crippen molar-refractivity contribution in [1.29, 1.82) is 0 Å². The van der Waals surface area contributed by atoms with E-state index >= 15 is 0 Å². The van der Waals surface area contributed by atoms with Crippen LogP contribution in [0.2, 0.25) is 0 Å². The number of likely N-dealkylation sites (N-methyl/N-ethyl adjacent to an activating group) is 1. The SMILES string of the molecule is CC(C)Nc1nc2c(cc1C(=O)N(C)C)CCN(C)CC2. The maximum atomic E-state index is 12.4. The van der Waals surface area contributed by atoms with Crippen LogP contribution in [0.4, 0.5) is 5.82 Å². The van der Waals surface area contributed by atoms with Gasteiger partial charge in [0.05, 0.1) is 5.56 Å². The van der Waals surface area contributed by atoms with Gasteiger partial charge in [0.2, 0.25) is 0 Å². The summed E-state index contributed by atoms with van der Waals surface area (Å²) in [5, 5.41) is 3.32. The Morgan fingerprint density at radius 3 is 2.62 bits per heavy atom. The fraction of sp³-hybridized carbons (Fsp3) is 0.625. The van der Waals surface area contributed by atoms with Gasteiger partial charge in [0.15, 0.2) is 0 Å². The van der Waals surface area contributed by atoms with Crippen molar-refractivity contribution in [1.82, 2.24) is 14.8 Å². The Balaban J connectivity index is 2.45. The van der Waals surface area contributed by atoms with Crippen molar-refractivity contribution < 1.29 is 4.79 Å². The van der Waals surface area contributed by atoms with Gasteiger partial charge in [-0.3, -0.25) is 4.79 Å². The highest BCUT2D eigenvalue weighted by molar-refractivity contribution is 5.98. The summed E-state index contributed by atoms with van der Waals surface area (Å²) in [5.41, 5.74) is 3.01. The van der Waals surface area contributed by atoms with Crippen LogP contribution in [-0.2, 0) is 12.8 Å². The van der Waals surface area contributed by atoms with Crippen LogP contribution in [0.15, 0.2) is 6.07 Å². The molecule has 0 bridgehead atoms. The Labute approximate surface area is 127 Å². The summed E-state index contributed by atoms with van der Waals surface area (Å²) >= 11 is 0. The number of anilines is 1. The topological polar surface area (TPSA) is 48.5 Å². The van der Waals surface area contributed by atoms with Gasteiger partial charge >= 0.3 is 0 Å². The van der Waals surface area contributed by atoms with Crippen molar-refractivity contribution in [3.05, 3.63) is 22.9 Å². The lowest BCUT2D eigenvalue weighted by Gasteiger charge is -2.19. The standard InChI is InChI=1S/C16H26N4O/c1-11(2)17-15-13(16(21)19(3)4)10-12-6-8-20(5)9-7-14(12)18-15/h10-11H,6-9H2,1-5H3,(H,17,18). The number of aromatic nitrogens is 1. The zero-order valence-corrected chi connectivity index (χ0v) is 13.7. The van der Waals surface area contributed by atoms with Crippen LogP contribution in [0.5, 0.6) is 0 Å². The summed E-state index contributed by atoms with van der Waals surface area (Å²) in [6.45, 7) is 6.15. The van der Waals surface area contributed by atoms with Crippen molar-refractivity contribution in [2.45, 2.75) is 32.7 Å². The van der Waals surface area contributed by atoms with Crippen molar-refractivity contribution in [2.75, 3.05) is 39.5 Å². The Hall–Kier alpha value is -1.62. The fourth-order valence-electron chi connectivity index (χ4n) is 2.53. The molecule has 2 rings (SSSR count). The Bertz CT molecular complexity index is 525. The van der Waals surface area contributed by atoms with Crippen LogP contribution >= 0.6 is 0 Å². The second-order valence-corrected chi connectivity index (χ2v) is 6.29. The number of nitrogens with zero attached hydrogens (tertiary/aromatic N) is 3. The summed E-state index contributed by atoms with van der Waals surface area (Å²) in [6.07, 6.45) is 1.89. The minimum atomic E-state index is 0.00560. The van der Waals surface area contributed by atoms with Gasteiger partial charge in [-0.25, -0.2) is 4.98 Å². The van der Waals surface area contributed by atoms with Crippen molar-refractivity contribution >= 4 is 11.7 Å². The number of amides is 1. The van der Waals surface area contributed by atoms with Crippen LogP contribution in [-0.4, -0.2) is 61.0 Å². The van der Waals surface area contributed by atoms with E-state index in [1.165, 1.54) is 5.56 Å². The van der Waals surface area contributed by atoms with Crippen LogP contribution in [0.3, 0.4) is 0 Å². The molecule has 1 aromatic heterocycles. The molecule has 0 saturated heterocycles. The highest BCUT2D eigenvalue weighted by atomic mass is 16.2. The van der Waals surface area contributed by atoms with E-state index in [1.807, 2.05) is 6.07 Å². The van der Waals surface area contributed by atoms with E-state index in [9.17, 15) is 4.79 Å². The van der Waals surface area contributed by atoms with Gasteiger partial charge in [0.25, 0.3) is 5.91 Å². The molecule has 0 fully saturated rings. The zero-order valence-electron chi connectivity index (χ0n) is 13.7. The average Bonchev–Trinajstić information content (AvgIpc) is 2.59. The number of fused-ring (bicyclic) bond motifs is 1. The molecule has 0 atom stereocenters. The molecule has 5 heteroatoms. The molecule has 0 radical (unpaired) electrons. The minimum Gasteiger partial charge on any atom is -0.367 e. The van der Waals surface area contributed by atoms with E-state index in [0.29, 0.717) is 11.4 Å². The molecular weight excluding hydrogens is 264 g/mol. The maximum Gasteiger partial charge on any atom is 0.257 e. The molecule has 1 aromatic rings. The largest absolute Gasteiger partial charge is 0.367 e. The first-order valence-electron chi connectivity index (χ1n) is 7.58. The Morgan fingerprint density at radius 1 is 1.33 bits per heavy atom. The monoisotopic (exact) mass is 290 g/mol. The second-order valence-electron chi connectivity index (χ2n) is 6.29. The molecule has 0 spiro atoms. The highest BCUT2D eigenvalue weighted by Crippen LogP contribution is 2.23. The summed E-state index contributed by atoms with van der Waals surface area (Å²) in [5.74, 6) is 0.720. The number of nitrogens with one attached hydrogen (secondary N) is 1. The first kappa shape index (κ1) is 15.8. The van der Waals surface area contributed by atoms with E-state index in [2.05, 4.69) is 31.1 Å². The molecule has 5 nitrogen and oxygen atoms in total. The second kappa shape index (κ2) is 6.43. The van der Waals surface area contributed by atoms with E-state index in [4.69, 9.17) is 4.98 Å². The third kappa shape index (κ3) is 3.73. The predicted molar refractivity (Wildman–Crippen MR) is 85.9 cm³/mol. The van der Waals surface area contributed by atoms with E-state index < -0.39 is 0 Å². The first-order valence-corrected chi connectivity index (χ1v) is 7.58. The molecule has 1 aliphatic rings. The quantitative estimate of drug-likeness (QED) is 0.919. The molecule has 0 aliphatic carbocycles. The molecule has 0 unspecified atom stereocenters. The third-order valence-corrected chi connectivity index (χ3v) is 3.75. The molecule has 2 heterocycles. The van der Waals surface area contributed by atoms with Gasteiger partial charge in [-0.1, -0.05) is 0 Å². The number of carbonyl (C=O) groups is 1. The van der Waals surface area contributed by atoms with Crippen LogP contribution in [0, 0.1) is 0 Å². The summed E-state index contributed by atoms with van der Waals surface area (Å²) < 4.78 is 0. The molecule has 0 saturated carbocycles. The molecule has 1 N–H and O–H groups in total. The summed E-state index contributed by atoms with van der Waals surface area (Å²) in [6, 6.07) is 2.28. The summed E-state index contributed by atoms with van der Waals surface area (Å²) in [4.78, 5) is 21.1. The Kier molecular flexibility index (Phi) is 4.83. The third-order valence-electron chi connectivity index (χ3n) is 3.75. The molecule has 1 amide bonds. The van der Waals surface area contributed by atoms with Gasteiger partial charge in [-0.15, -0.1) is 0 Å². The van der Waals surface area contributed by atoms with Gasteiger partial charge in [0, 0.05) is 45.3 Å². The van der Waals surface area contributed by atoms with Crippen molar-refractivity contribution in [3.63, 3.8) is 0 Å². The minimum absolute atomic E-state index is 0.00560. The molecule has 21 heavy (non-hydrogen) atoms. The van der Waals surface area contributed by atoms with E-state index in [-0.39, 0.29) is 11.9 Å². The van der Waals surface area contributed by atoms with E-state index in [1.54, 1.807) is 19.0 Å². The normalized spacial score (nSPS) is 15.5. The lowest BCUT2D eigenvalue weighted by atomic mass is 10.0. The number of carbonyl (C=O) groups excluding carboxylic acids is 1. The number of rotatable bonds is 3. The fourth-order valence-corrected chi connectivity index (χ4v) is 2.53. The lowest BCUT2D eigenvalue weighted by Crippen LogP contribution is -2.25. The van der Waals surface area contributed by atoms with Crippen LogP contribution < -0.4 is 5.32 Å². The predicted octanol–water partition coefficient (Wildman–Crippen LogP) is 1.63. The van der Waals surface area contributed by atoms with Gasteiger partial charge < -0.3 is 15.1 Å². The Morgan fingerprint density at radius 2 is 2.00 bits per heavy atom. The number of hydrogen-bond donors (Lipinski definition) is 1. The van der Waals surface area contributed by atoms with Crippen LogP contribution in [0.1, 0.15) is 35.5 Å². The average molecular weight is 290 g/mol. The van der Waals surface area contributed by atoms with Gasteiger partial charge in [-0.2, -0.15) is 0 Å². The van der Waals surface area contributed by atoms with Gasteiger partial charge in [0.1, 0.15) is 5.82 Å².